The molecule has 1 heterocycles. The number of aliphatic hydroxyl groups excluding tert-OH is 1. The fourth-order valence-corrected chi connectivity index (χ4v) is 2.61. The maximum absolute atomic E-state index is 12.3. The van der Waals surface area contributed by atoms with Crippen LogP contribution in [0.5, 0.6) is 0 Å². The molecule has 3 N–H and O–H groups in total. The van der Waals surface area contributed by atoms with Crippen molar-refractivity contribution in [1.82, 2.24) is 4.90 Å². The maximum Gasteiger partial charge on any atom is 0.223 e. The third kappa shape index (κ3) is 3.51. The lowest BCUT2D eigenvalue weighted by atomic mass is 9.93. The van der Waals surface area contributed by atoms with Gasteiger partial charge in [0.15, 0.2) is 0 Å². The van der Waals surface area contributed by atoms with Crippen molar-refractivity contribution in [3.8, 4) is 0 Å². The summed E-state index contributed by atoms with van der Waals surface area (Å²) < 4.78 is 0. The van der Waals surface area contributed by atoms with Gasteiger partial charge in [0.05, 0.1) is 6.10 Å². The van der Waals surface area contributed by atoms with Gasteiger partial charge in [0.25, 0.3) is 0 Å². The van der Waals surface area contributed by atoms with Crippen LogP contribution in [0.3, 0.4) is 0 Å². The van der Waals surface area contributed by atoms with Gasteiger partial charge in [0.1, 0.15) is 0 Å². The third-order valence-electron chi connectivity index (χ3n) is 4.26. The van der Waals surface area contributed by atoms with Crippen LogP contribution >= 0.6 is 0 Å². The summed E-state index contributed by atoms with van der Waals surface area (Å²) in [6.07, 6.45) is 0.966. The Morgan fingerprint density at radius 3 is 2.70 bits per heavy atom. The van der Waals surface area contributed by atoms with Gasteiger partial charge in [-0.3, -0.25) is 4.79 Å². The van der Waals surface area contributed by atoms with Crippen molar-refractivity contribution in [2.24, 2.45) is 5.92 Å². The highest BCUT2D eigenvalue weighted by Gasteiger charge is 2.27. The van der Waals surface area contributed by atoms with Gasteiger partial charge in [0, 0.05) is 25.2 Å². The predicted octanol–water partition coefficient (Wildman–Crippen LogP) is 1.99. The number of nitrogen functional groups attached to an aromatic ring is 1. The first-order valence-electron chi connectivity index (χ1n) is 7.28. The highest BCUT2D eigenvalue weighted by atomic mass is 16.3. The first kappa shape index (κ1) is 14.9. The van der Waals surface area contributed by atoms with Crippen molar-refractivity contribution in [3.63, 3.8) is 0 Å². The number of hydrogen-bond donors (Lipinski definition) is 2. The second-order valence-electron chi connectivity index (χ2n) is 5.94. The van der Waals surface area contributed by atoms with Crippen molar-refractivity contribution in [1.29, 1.82) is 0 Å². The standard InChI is InChI=1S/C16H24N2O2/c1-11-7-8-18(10-15(11)19)16(20)9-12(2)13-3-5-14(17)6-4-13/h3-6,11-12,15,19H,7-10,17H2,1-2H3. The van der Waals surface area contributed by atoms with E-state index in [-0.39, 0.29) is 23.8 Å². The van der Waals surface area contributed by atoms with Crippen LogP contribution in [0.1, 0.15) is 38.2 Å². The second kappa shape index (κ2) is 6.27. The summed E-state index contributed by atoms with van der Waals surface area (Å²) in [6.45, 7) is 5.30. The van der Waals surface area contributed by atoms with Crippen LogP contribution in [0.2, 0.25) is 0 Å². The number of β-amino-alcohol motifs (C(OH)–C–C–N with tert-alkyl or cyclic N) is 1. The first-order chi connectivity index (χ1) is 9.47. The number of carbonyl (C=O) groups is 1. The molecule has 1 aromatic carbocycles. The average molecular weight is 276 g/mol. The number of aliphatic hydroxyl groups is 1. The molecule has 20 heavy (non-hydrogen) atoms. The molecule has 1 aliphatic rings. The van der Waals surface area contributed by atoms with Crippen LogP contribution in [-0.2, 0) is 4.79 Å². The number of amides is 1. The molecule has 1 fully saturated rings. The number of benzene rings is 1. The fraction of sp³-hybridized carbons (Fsp3) is 0.562. The second-order valence-corrected chi connectivity index (χ2v) is 5.94. The molecule has 0 bridgehead atoms. The lowest BCUT2D eigenvalue weighted by molar-refractivity contribution is -0.135. The summed E-state index contributed by atoms with van der Waals surface area (Å²) in [5, 5.41) is 9.87. The molecule has 0 aliphatic carbocycles. The van der Waals surface area contributed by atoms with Gasteiger partial charge in [-0.15, -0.1) is 0 Å². The van der Waals surface area contributed by atoms with Crippen LogP contribution < -0.4 is 5.73 Å². The summed E-state index contributed by atoms with van der Waals surface area (Å²) in [4.78, 5) is 14.1. The van der Waals surface area contributed by atoms with Crippen LogP contribution in [0.25, 0.3) is 0 Å². The van der Waals surface area contributed by atoms with E-state index < -0.39 is 0 Å². The highest BCUT2D eigenvalue weighted by molar-refractivity contribution is 5.77. The highest BCUT2D eigenvalue weighted by Crippen LogP contribution is 2.23. The lowest BCUT2D eigenvalue weighted by Gasteiger charge is -2.34. The Bertz CT molecular complexity index is 458. The predicted molar refractivity (Wildman–Crippen MR) is 80.3 cm³/mol. The molecule has 0 radical (unpaired) electrons. The minimum Gasteiger partial charge on any atom is -0.399 e. The van der Waals surface area contributed by atoms with Gasteiger partial charge in [-0.2, -0.15) is 0 Å². The maximum atomic E-state index is 12.3. The topological polar surface area (TPSA) is 66.6 Å². The van der Waals surface area contributed by atoms with Crippen LogP contribution in [0.4, 0.5) is 5.69 Å². The zero-order valence-corrected chi connectivity index (χ0v) is 12.2. The van der Waals surface area contributed by atoms with Gasteiger partial charge >= 0.3 is 0 Å². The van der Waals surface area contributed by atoms with Crippen LogP contribution in [0, 0.1) is 5.92 Å². The molecule has 1 aliphatic heterocycles. The molecule has 0 aromatic heterocycles. The number of rotatable bonds is 3. The molecule has 1 saturated heterocycles. The number of nitrogens with two attached hydrogens (primary N) is 1. The van der Waals surface area contributed by atoms with E-state index in [0.717, 1.165) is 24.2 Å². The lowest BCUT2D eigenvalue weighted by Crippen LogP contribution is -2.46. The Balaban J connectivity index is 1.92. The monoisotopic (exact) mass is 276 g/mol. The molecule has 2 rings (SSSR count). The average Bonchev–Trinajstić information content (AvgIpc) is 2.42. The minimum atomic E-state index is -0.389. The van der Waals surface area contributed by atoms with Crippen molar-refractivity contribution < 1.29 is 9.90 Å². The minimum absolute atomic E-state index is 0.125. The van der Waals surface area contributed by atoms with Crippen molar-refractivity contribution in [2.75, 3.05) is 18.8 Å². The zero-order valence-electron chi connectivity index (χ0n) is 12.2. The molecular formula is C16H24N2O2. The number of piperidine rings is 1. The molecule has 1 aromatic rings. The Hall–Kier alpha value is -1.55. The van der Waals surface area contributed by atoms with E-state index in [1.807, 2.05) is 38.1 Å². The van der Waals surface area contributed by atoms with Crippen molar-refractivity contribution >= 4 is 11.6 Å². The summed E-state index contributed by atoms with van der Waals surface area (Å²) in [5.74, 6) is 0.577. The zero-order chi connectivity index (χ0) is 14.7. The smallest absolute Gasteiger partial charge is 0.223 e. The Labute approximate surface area is 120 Å². The first-order valence-corrected chi connectivity index (χ1v) is 7.28. The molecule has 4 nitrogen and oxygen atoms in total. The Morgan fingerprint density at radius 1 is 1.45 bits per heavy atom. The number of anilines is 1. The Kier molecular flexibility index (Phi) is 4.65. The van der Waals surface area contributed by atoms with Crippen molar-refractivity contribution in [3.05, 3.63) is 29.8 Å². The van der Waals surface area contributed by atoms with Gasteiger partial charge in [-0.1, -0.05) is 26.0 Å². The number of likely N-dealkylation sites (tertiary alicyclic amines) is 1. The van der Waals surface area contributed by atoms with Gasteiger partial charge < -0.3 is 15.7 Å². The van der Waals surface area contributed by atoms with E-state index in [1.165, 1.54) is 0 Å². The normalized spacial score (nSPS) is 24.4. The van der Waals surface area contributed by atoms with E-state index in [1.54, 1.807) is 4.90 Å². The molecule has 4 heteroatoms. The number of hydrogen-bond acceptors (Lipinski definition) is 3. The number of nitrogens with zero attached hydrogens (tertiary/aromatic N) is 1. The van der Waals surface area contributed by atoms with Crippen molar-refractivity contribution in [2.45, 2.75) is 38.7 Å². The van der Waals surface area contributed by atoms with E-state index >= 15 is 0 Å². The molecule has 110 valence electrons. The van der Waals surface area contributed by atoms with E-state index in [2.05, 4.69) is 0 Å². The van der Waals surface area contributed by atoms with E-state index in [4.69, 9.17) is 5.73 Å². The SMILES string of the molecule is CC(CC(=O)N1CCC(C)C(O)C1)c1ccc(N)cc1. The summed E-state index contributed by atoms with van der Waals surface area (Å²) >= 11 is 0. The fourth-order valence-electron chi connectivity index (χ4n) is 2.61. The van der Waals surface area contributed by atoms with Crippen LogP contribution in [-0.4, -0.2) is 35.1 Å². The molecule has 0 spiro atoms. The van der Waals surface area contributed by atoms with E-state index in [0.29, 0.717) is 13.0 Å². The molecular weight excluding hydrogens is 252 g/mol. The Morgan fingerprint density at radius 2 is 2.10 bits per heavy atom. The van der Waals surface area contributed by atoms with Gasteiger partial charge in [-0.05, 0) is 36.0 Å². The van der Waals surface area contributed by atoms with Gasteiger partial charge in [-0.25, -0.2) is 0 Å². The molecule has 3 unspecified atom stereocenters. The summed E-state index contributed by atoms with van der Waals surface area (Å²) in [5.41, 5.74) is 7.53. The van der Waals surface area contributed by atoms with E-state index in [9.17, 15) is 9.90 Å². The molecule has 1 amide bonds. The summed E-state index contributed by atoms with van der Waals surface area (Å²) in [7, 11) is 0. The van der Waals surface area contributed by atoms with Crippen LogP contribution in [0.15, 0.2) is 24.3 Å². The summed E-state index contributed by atoms with van der Waals surface area (Å²) in [6, 6.07) is 7.67. The number of carbonyl (C=O) groups excluding carboxylic acids is 1. The molecule has 0 saturated carbocycles. The third-order valence-corrected chi connectivity index (χ3v) is 4.26. The van der Waals surface area contributed by atoms with Gasteiger partial charge in [0.2, 0.25) is 5.91 Å². The molecule has 3 atom stereocenters. The largest absolute Gasteiger partial charge is 0.399 e. The quantitative estimate of drug-likeness (QED) is 0.830.